The van der Waals surface area contributed by atoms with Crippen LogP contribution in [0.25, 0.3) is 6.08 Å². The van der Waals surface area contributed by atoms with Gasteiger partial charge in [-0.25, -0.2) is 0 Å². The van der Waals surface area contributed by atoms with E-state index >= 15 is 0 Å². The number of nitrogens with zero attached hydrogens (tertiary/aromatic N) is 2. The number of nitro groups is 1. The smallest absolute Gasteiger partial charge is 0.479 e. The van der Waals surface area contributed by atoms with Crippen molar-refractivity contribution < 1.29 is 37.1 Å². The number of nitro benzene ring substituents is 1. The van der Waals surface area contributed by atoms with E-state index in [-0.39, 0.29) is 17.1 Å². The summed E-state index contributed by atoms with van der Waals surface area (Å²) in [6.07, 6.45) is -2.57. The Morgan fingerprint density at radius 3 is 2.46 bits per heavy atom. The molecule has 1 aromatic heterocycles. The first-order valence-electron chi connectivity index (χ1n) is 7.52. The fourth-order valence-electron chi connectivity index (χ4n) is 2.42. The maximum Gasteiger partial charge on any atom is 0.479 e. The Morgan fingerprint density at radius 2 is 1.93 bits per heavy atom. The molecule has 0 unspecified atom stereocenters. The summed E-state index contributed by atoms with van der Waals surface area (Å²) in [5, 5.41) is 22.6. The summed E-state index contributed by atoms with van der Waals surface area (Å²) in [5.41, 5.74) is -2.85. The van der Waals surface area contributed by atoms with E-state index in [0.717, 1.165) is 30.4 Å². The lowest BCUT2D eigenvalue weighted by molar-refractivity contribution is -0.629. The number of carbonyl (C=O) groups is 1. The number of hydrogen-bond acceptors (Lipinski definition) is 6. The summed E-state index contributed by atoms with van der Waals surface area (Å²) in [4.78, 5) is 22.6. The van der Waals surface area contributed by atoms with Crippen LogP contribution in [0.5, 0.6) is 11.5 Å². The van der Waals surface area contributed by atoms with Crippen molar-refractivity contribution in [3.05, 3.63) is 68.7 Å². The van der Waals surface area contributed by atoms with Crippen molar-refractivity contribution >= 4 is 17.5 Å². The van der Waals surface area contributed by atoms with E-state index in [4.69, 9.17) is 9.47 Å². The van der Waals surface area contributed by atoms with Crippen molar-refractivity contribution in [3.8, 4) is 11.5 Å². The molecular formula is C17H13F3N2O6. The van der Waals surface area contributed by atoms with Crippen LogP contribution >= 0.6 is 0 Å². The summed E-state index contributed by atoms with van der Waals surface area (Å²) in [6, 6.07) is 4.24. The van der Waals surface area contributed by atoms with E-state index < -0.39 is 38.6 Å². The third-order valence-electron chi connectivity index (χ3n) is 3.60. The molecule has 0 spiro atoms. The van der Waals surface area contributed by atoms with Crippen LogP contribution in [-0.2, 0) is 6.18 Å². The second-order valence-electron chi connectivity index (χ2n) is 5.32. The van der Waals surface area contributed by atoms with Crippen LogP contribution < -0.4 is 14.2 Å². The van der Waals surface area contributed by atoms with E-state index in [0.29, 0.717) is 6.20 Å². The van der Waals surface area contributed by atoms with Crippen molar-refractivity contribution in [1.82, 2.24) is 0 Å². The van der Waals surface area contributed by atoms with E-state index in [1.165, 1.54) is 20.3 Å². The van der Waals surface area contributed by atoms with Gasteiger partial charge in [0.25, 0.3) is 0 Å². The number of halogens is 3. The van der Waals surface area contributed by atoms with Crippen molar-refractivity contribution in [1.29, 1.82) is 0 Å². The standard InChI is InChI=1S/C17H13F3N2O6/c1-27-14-9-10(8-12(22(25)26)15(14)28-2)5-6-13(23)11-4-3-7-21(24)16(11)17(18,19)20/h3-9H,1-2H3/b6-5+. The molecule has 0 aliphatic heterocycles. The van der Waals surface area contributed by atoms with Crippen LogP contribution in [0.4, 0.5) is 18.9 Å². The van der Waals surface area contributed by atoms with Crippen molar-refractivity contribution in [3.63, 3.8) is 0 Å². The van der Waals surface area contributed by atoms with E-state index in [1.54, 1.807) is 0 Å². The lowest BCUT2D eigenvalue weighted by atomic mass is 10.1. The first-order valence-corrected chi connectivity index (χ1v) is 7.52. The van der Waals surface area contributed by atoms with Gasteiger partial charge in [0.2, 0.25) is 5.75 Å². The van der Waals surface area contributed by atoms with Crippen molar-refractivity contribution in [2.24, 2.45) is 0 Å². The van der Waals surface area contributed by atoms with Crippen LogP contribution in [0.1, 0.15) is 21.6 Å². The van der Waals surface area contributed by atoms with Crippen LogP contribution in [0, 0.1) is 15.3 Å². The number of allylic oxidation sites excluding steroid dienone is 1. The van der Waals surface area contributed by atoms with Gasteiger partial charge in [0.15, 0.2) is 17.7 Å². The molecule has 0 atom stereocenters. The van der Waals surface area contributed by atoms with Crippen LogP contribution in [0.2, 0.25) is 0 Å². The molecule has 0 amide bonds. The van der Waals surface area contributed by atoms with Gasteiger partial charge >= 0.3 is 17.6 Å². The number of methoxy groups -OCH3 is 2. The Labute approximate surface area is 156 Å². The van der Waals surface area contributed by atoms with Crippen LogP contribution in [0.3, 0.4) is 0 Å². The highest BCUT2D eigenvalue weighted by molar-refractivity contribution is 6.07. The quantitative estimate of drug-likeness (QED) is 0.185. The molecular weight excluding hydrogens is 385 g/mol. The maximum atomic E-state index is 13.1. The van der Waals surface area contributed by atoms with Crippen LogP contribution in [0.15, 0.2) is 36.5 Å². The zero-order valence-corrected chi connectivity index (χ0v) is 14.5. The van der Waals surface area contributed by atoms with Crippen molar-refractivity contribution in [2.75, 3.05) is 14.2 Å². The number of hydrogen-bond donors (Lipinski definition) is 0. The number of alkyl halides is 3. The Hall–Kier alpha value is -3.63. The van der Waals surface area contributed by atoms with E-state index in [2.05, 4.69) is 0 Å². The topological polar surface area (TPSA) is 106 Å². The second-order valence-corrected chi connectivity index (χ2v) is 5.32. The monoisotopic (exact) mass is 398 g/mol. The molecule has 148 valence electrons. The lowest BCUT2D eigenvalue weighted by Crippen LogP contribution is -2.38. The molecule has 2 aromatic rings. The summed E-state index contributed by atoms with van der Waals surface area (Å²) >= 11 is 0. The summed E-state index contributed by atoms with van der Waals surface area (Å²) < 4.78 is 48.6. The van der Waals surface area contributed by atoms with Gasteiger partial charge < -0.3 is 14.7 Å². The third kappa shape index (κ3) is 4.19. The van der Waals surface area contributed by atoms with Gasteiger partial charge in [-0.2, -0.15) is 17.9 Å². The van der Waals surface area contributed by atoms with Gasteiger partial charge in [-0.3, -0.25) is 14.9 Å². The molecule has 1 heterocycles. The molecule has 0 saturated carbocycles. The normalized spacial score (nSPS) is 11.5. The molecule has 0 aliphatic carbocycles. The highest BCUT2D eigenvalue weighted by Crippen LogP contribution is 2.38. The highest BCUT2D eigenvalue weighted by Gasteiger charge is 2.43. The predicted octanol–water partition coefficient (Wildman–Crippen LogP) is 3.16. The molecule has 11 heteroatoms. The summed E-state index contributed by atoms with van der Waals surface area (Å²) in [6.45, 7) is 0. The second kappa shape index (κ2) is 7.94. The van der Waals surface area contributed by atoms with Gasteiger partial charge in [-0.15, -0.1) is 0 Å². The first-order chi connectivity index (χ1) is 13.1. The molecule has 0 bridgehead atoms. The number of benzene rings is 1. The van der Waals surface area contributed by atoms with Gasteiger partial charge in [0.1, 0.15) is 5.56 Å². The maximum absolute atomic E-state index is 13.1. The number of ether oxygens (including phenoxy) is 2. The van der Waals surface area contributed by atoms with Crippen LogP contribution in [-0.4, -0.2) is 24.9 Å². The lowest BCUT2D eigenvalue weighted by Gasteiger charge is -2.10. The SMILES string of the molecule is COc1cc(/C=C/C(=O)c2ccc[n+]([O-])c2C(F)(F)F)cc([N+](=O)[O-])c1OC. The summed E-state index contributed by atoms with van der Waals surface area (Å²) in [7, 11) is 2.45. The van der Waals surface area contributed by atoms with E-state index in [9.17, 15) is 33.3 Å². The van der Waals surface area contributed by atoms with Gasteiger partial charge in [0, 0.05) is 12.1 Å². The predicted molar refractivity (Wildman–Crippen MR) is 90.0 cm³/mol. The Morgan fingerprint density at radius 1 is 1.25 bits per heavy atom. The minimum Gasteiger partial charge on any atom is -0.618 e. The van der Waals surface area contributed by atoms with E-state index in [1.807, 2.05) is 0 Å². The first kappa shape index (κ1) is 20.7. The molecule has 0 N–H and O–H groups in total. The number of ketones is 1. The molecule has 2 rings (SSSR count). The largest absolute Gasteiger partial charge is 0.618 e. The van der Waals surface area contributed by atoms with Gasteiger partial charge in [-0.05, 0) is 23.8 Å². The molecule has 0 radical (unpaired) electrons. The molecule has 0 saturated heterocycles. The molecule has 0 aliphatic rings. The minimum absolute atomic E-state index is 0.00288. The fraction of sp³-hybridized carbons (Fsp3) is 0.176. The average Bonchev–Trinajstić information content (AvgIpc) is 2.63. The third-order valence-corrected chi connectivity index (χ3v) is 3.60. The number of carbonyl (C=O) groups excluding carboxylic acids is 1. The van der Waals surface area contributed by atoms with Gasteiger partial charge in [-0.1, -0.05) is 6.08 Å². The number of pyridine rings is 1. The average molecular weight is 398 g/mol. The molecule has 28 heavy (non-hydrogen) atoms. The highest BCUT2D eigenvalue weighted by atomic mass is 19.4. The van der Waals surface area contributed by atoms with Gasteiger partial charge in [0.05, 0.1) is 19.1 Å². The number of rotatable bonds is 6. The zero-order valence-electron chi connectivity index (χ0n) is 14.5. The minimum atomic E-state index is -5.04. The zero-order chi connectivity index (χ0) is 21.1. The Bertz CT molecular complexity index is 957. The fourth-order valence-corrected chi connectivity index (χ4v) is 2.42. The Balaban J connectivity index is 2.48. The molecule has 0 fully saturated rings. The molecule has 1 aromatic carbocycles. The number of aromatic nitrogens is 1. The Kier molecular flexibility index (Phi) is 5.87. The summed E-state index contributed by atoms with van der Waals surface area (Å²) in [5.74, 6) is -1.25. The van der Waals surface area contributed by atoms with Crippen molar-refractivity contribution in [2.45, 2.75) is 6.18 Å². The molecule has 8 nitrogen and oxygen atoms in total.